The van der Waals surface area contributed by atoms with Crippen LogP contribution < -0.4 is 4.74 Å². The van der Waals surface area contributed by atoms with Crippen LogP contribution in [-0.4, -0.2) is 16.2 Å². The summed E-state index contributed by atoms with van der Waals surface area (Å²) in [5.41, 5.74) is 0. The van der Waals surface area contributed by atoms with E-state index in [1.54, 1.807) is 0 Å². The fourth-order valence-corrected chi connectivity index (χ4v) is 1.95. The summed E-state index contributed by atoms with van der Waals surface area (Å²) in [6, 6.07) is 5.51. The molecular formula is C11H7Cl2FN2OS. The van der Waals surface area contributed by atoms with Crippen molar-refractivity contribution in [3.63, 3.8) is 0 Å². The predicted molar refractivity (Wildman–Crippen MR) is 70.3 cm³/mol. The lowest BCUT2D eigenvalue weighted by Crippen LogP contribution is -1.93. The van der Waals surface area contributed by atoms with Gasteiger partial charge >= 0.3 is 0 Å². The first-order chi connectivity index (χ1) is 8.58. The van der Waals surface area contributed by atoms with Crippen LogP contribution in [0.3, 0.4) is 0 Å². The van der Waals surface area contributed by atoms with Crippen molar-refractivity contribution < 1.29 is 9.13 Å². The van der Waals surface area contributed by atoms with E-state index in [0.29, 0.717) is 10.9 Å². The third-order valence-corrected chi connectivity index (χ3v) is 2.98. The Kier molecular flexibility index (Phi) is 4.27. The van der Waals surface area contributed by atoms with Crippen LogP contribution in [0.15, 0.2) is 29.4 Å². The summed E-state index contributed by atoms with van der Waals surface area (Å²) in [6.45, 7) is 0. The van der Waals surface area contributed by atoms with Gasteiger partial charge < -0.3 is 4.74 Å². The Bertz CT molecular complexity index is 583. The Morgan fingerprint density at radius 1 is 1.22 bits per heavy atom. The molecule has 0 amide bonds. The normalized spacial score (nSPS) is 10.4. The highest BCUT2D eigenvalue weighted by atomic mass is 35.5. The molecule has 1 aromatic carbocycles. The van der Waals surface area contributed by atoms with Crippen molar-refractivity contribution >= 4 is 35.0 Å². The largest absolute Gasteiger partial charge is 0.439 e. The van der Waals surface area contributed by atoms with Gasteiger partial charge in [-0.15, -0.1) is 0 Å². The van der Waals surface area contributed by atoms with Gasteiger partial charge in [0.15, 0.2) is 5.16 Å². The zero-order valence-electron chi connectivity index (χ0n) is 9.15. The molecule has 0 N–H and O–H groups in total. The molecule has 0 aliphatic rings. The van der Waals surface area contributed by atoms with E-state index in [2.05, 4.69) is 9.97 Å². The maximum absolute atomic E-state index is 13.0. The number of benzene rings is 1. The van der Waals surface area contributed by atoms with Crippen LogP contribution in [0.25, 0.3) is 0 Å². The second-order valence-corrected chi connectivity index (χ2v) is 4.76. The summed E-state index contributed by atoms with van der Waals surface area (Å²) < 4.78 is 18.4. The van der Waals surface area contributed by atoms with Gasteiger partial charge in [0.2, 0.25) is 5.88 Å². The van der Waals surface area contributed by atoms with Crippen LogP contribution in [0.4, 0.5) is 4.39 Å². The molecule has 1 heterocycles. The summed E-state index contributed by atoms with van der Waals surface area (Å²) in [5, 5.41) is 0.751. The summed E-state index contributed by atoms with van der Waals surface area (Å²) in [5.74, 6) is 0.153. The number of halogens is 3. The second kappa shape index (κ2) is 5.73. The second-order valence-electron chi connectivity index (χ2n) is 3.19. The van der Waals surface area contributed by atoms with Crippen LogP contribution >= 0.6 is 35.0 Å². The van der Waals surface area contributed by atoms with Gasteiger partial charge in [0.25, 0.3) is 0 Å². The number of hydrogen-bond acceptors (Lipinski definition) is 4. The monoisotopic (exact) mass is 304 g/mol. The fraction of sp³-hybridized carbons (Fsp3) is 0.0909. The average Bonchev–Trinajstić information content (AvgIpc) is 2.33. The molecule has 0 bridgehead atoms. The fourth-order valence-electron chi connectivity index (χ4n) is 1.18. The zero-order chi connectivity index (χ0) is 13.1. The van der Waals surface area contributed by atoms with Crippen molar-refractivity contribution in [3.8, 4) is 11.6 Å². The van der Waals surface area contributed by atoms with E-state index in [9.17, 15) is 4.39 Å². The molecule has 0 saturated carbocycles. The van der Waals surface area contributed by atoms with E-state index in [-0.39, 0.29) is 16.1 Å². The third kappa shape index (κ3) is 3.25. The number of aromatic nitrogens is 2. The van der Waals surface area contributed by atoms with E-state index in [1.807, 2.05) is 6.26 Å². The van der Waals surface area contributed by atoms with Gasteiger partial charge in [0.1, 0.15) is 16.7 Å². The van der Waals surface area contributed by atoms with Gasteiger partial charge in [-0.3, -0.25) is 0 Å². The maximum atomic E-state index is 13.0. The van der Waals surface area contributed by atoms with Crippen molar-refractivity contribution in [1.29, 1.82) is 0 Å². The Balaban J connectivity index is 2.27. The molecule has 0 aliphatic carbocycles. The van der Waals surface area contributed by atoms with Crippen LogP contribution in [0.5, 0.6) is 11.6 Å². The Morgan fingerprint density at radius 2 is 2.00 bits per heavy atom. The molecule has 2 aromatic rings. The van der Waals surface area contributed by atoms with Crippen LogP contribution in [0.1, 0.15) is 0 Å². The first kappa shape index (κ1) is 13.4. The molecule has 0 spiro atoms. The quantitative estimate of drug-likeness (QED) is 0.477. The van der Waals surface area contributed by atoms with E-state index < -0.39 is 5.82 Å². The van der Waals surface area contributed by atoms with Crippen molar-refractivity contribution in [3.05, 3.63) is 40.3 Å². The molecule has 0 atom stereocenters. The lowest BCUT2D eigenvalue weighted by molar-refractivity contribution is 0.454. The highest BCUT2D eigenvalue weighted by Gasteiger charge is 2.07. The molecular weight excluding hydrogens is 298 g/mol. The van der Waals surface area contributed by atoms with Crippen molar-refractivity contribution in [2.24, 2.45) is 0 Å². The minimum atomic E-state index is -0.505. The van der Waals surface area contributed by atoms with E-state index in [0.717, 1.165) is 0 Å². The minimum absolute atomic E-state index is 0.0160. The van der Waals surface area contributed by atoms with Gasteiger partial charge in [-0.25, -0.2) is 9.37 Å². The molecule has 1 aromatic heterocycles. The summed E-state index contributed by atoms with van der Waals surface area (Å²) in [6.07, 6.45) is 1.82. The topological polar surface area (TPSA) is 35.0 Å². The summed E-state index contributed by atoms with van der Waals surface area (Å²) in [7, 11) is 0. The summed E-state index contributed by atoms with van der Waals surface area (Å²) >= 11 is 12.8. The molecule has 2 rings (SSSR count). The van der Waals surface area contributed by atoms with Gasteiger partial charge in [-0.1, -0.05) is 35.0 Å². The Morgan fingerprint density at radius 3 is 2.67 bits per heavy atom. The van der Waals surface area contributed by atoms with Crippen LogP contribution in [-0.2, 0) is 0 Å². The smallest absolute Gasteiger partial charge is 0.224 e. The highest BCUT2D eigenvalue weighted by Crippen LogP contribution is 2.27. The first-order valence-electron chi connectivity index (χ1n) is 4.80. The molecule has 7 heteroatoms. The number of thioether (sulfide) groups is 1. The first-order valence-corrected chi connectivity index (χ1v) is 6.78. The number of nitrogens with zero attached hydrogens (tertiary/aromatic N) is 2. The zero-order valence-corrected chi connectivity index (χ0v) is 11.5. The number of rotatable bonds is 3. The van der Waals surface area contributed by atoms with E-state index in [1.165, 1.54) is 36.0 Å². The molecule has 0 fully saturated rings. The molecule has 0 saturated heterocycles. The number of hydrogen-bond donors (Lipinski definition) is 0. The molecule has 0 aliphatic heterocycles. The van der Waals surface area contributed by atoms with Gasteiger partial charge in [-0.05, 0) is 18.4 Å². The van der Waals surface area contributed by atoms with Crippen molar-refractivity contribution in [2.45, 2.75) is 5.16 Å². The molecule has 0 unspecified atom stereocenters. The molecule has 0 radical (unpaired) electrons. The van der Waals surface area contributed by atoms with Gasteiger partial charge in [0.05, 0.1) is 5.02 Å². The Hall–Kier alpha value is -1.04. The third-order valence-electron chi connectivity index (χ3n) is 1.95. The highest BCUT2D eigenvalue weighted by molar-refractivity contribution is 7.98. The minimum Gasteiger partial charge on any atom is -0.439 e. The molecule has 94 valence electrons. The lowest BCUT2D eigenvalue weighted by Gasteiger charge is -2.06. The standard InChI is InChI=1S/C11H7Cl2FN2OS/c1-18-11-15-9(13)5-10(16-11)17-6-2-3-8(14)7(12)4-6/h2-5H,1H3. The van der Waals surface area contributed by atoms with Gasteiger partial charge in [-0.2, -0.15) is 4.98 Å². The Labute approximate surface area is 117 Å². The van der Waals surface area contributed by atoms with Crippen LogP contribution in [0.2, 0.25) is 10.2 Å². The van der Waals surface area contributed by atoms with Crippen LogP contribution in [0, 0.1) is 5.82 Å². The van der Waals surface area contributed by atoms with Crippen molar-refractivity contribution in [1.82, 2.24) is 9.97 Å². The van der Waals surface area contributed by atoms with Gasteiger partial charge in [0, 0.05) is 12.1 Å². The SMILES string of the molecule is CSc1nc(Cl)cc(Oc2ccc(F)c(Cl)c2)n1. The van der Waals surface area contributed by atoms with E-state index in [4.69, 9.17) is 27.9 Å². The molecule has 18 heavy (non-hydrogen) atoms. The summed E-state index contributed by atoms with van der Waals surface area (Å²) in [4.78, 5) is 8.08. The maximum Gasteiger partial charge on any atom is 0.224 e. The number of ether oxygens (including phenoxy) is 1. The lowest BCUT2D eigenvalue weighted by atomic mass is 10.3. The van der Waals surface area contributed by atoms with Crippen molar-refractivity contribution in [2.75, 3.05) is 6.26 Å². The van der Waals surface area contributed by atoms with E-state index >= 15 is 0 Å². The predicted octanol–water partition coefficient (Wildman–Crippen LogP) is 4.44. The average molecular weight is 305 g/mol. The molecule has 3 nitrogen and oxygen atoms in total.